The van der Waals surface area contributed by atoms with Gasteiger partial charge in [-0.05, 0) is 35.3 Å². The van der Waals surface area contributed by atoms with Gasteiger partial charge in [0, 0.05) is 12.2 Å². The summed E-state index contributed by atoms with van der Waals surface area (Å²) in [5, 5.41) is 12.8. The maximum absolute atomic E-state index is 12.5. The van der Waals surface area contributed by atoms with Crippen LogP contribution in [0.3, 0.4) is 0 Å². The number of carbonyl (C=O) groups is 1. The third-order valence-corrected chi connectivity index (χ3v) is 4.71. The van der Waals surface area contributed by atoms with Crippen LogP contribution in [0.2, 0.25) is 5.15 Å². The molecule has 0 saturated carbocycles. The van der Waals surface area contributed by atoms with Crippen molar-refractivity contribution in [3.8, 4) is 5.75 Å². The van der Waals surface area contributed by atoms with Gasteiger partial charge in [0.05, 0.1) is 0 Å². The molecule has 0 aliphatic heterocycles. The van der Waals surface area contributed by atoms with E-state index in [0.717, 1.165) is 18.4 Å². The van der Waals surface area contributed by atoms with Crippen LogP contribution in [0, 0.1) is 10.8 Å². The average Bonchev–Trinajstić information content (AvgIpc) is 2.48. The smallest absolute Gasteiger partial charge is 0.407 e. The molecule has 1 amide bonds. The van der Waals surface area contributed by atoms with Gasteiger partial charge in [0.15, 0.2) is 10.9 Å². The summed E-state index contributed by atoms with van der Waals surface area (Å²) in [5.74, 6) is -0.0601. The number of hydrogen-bond acceptors (Lipinski definition) is 4. The number of nitrogens with one attached hydrogen (secondary N) is 1. The molecule has 0 saturated heterocycles. The summed E-state index contributed by atoms with van der Waals surface area (Å²) in [7, 11) is 0. The number of amides is 1. The molecule has 6 heteroatoms. The molecule has 0 spiro atoms. The van der Waals surface area contributed by atoms with Crippen molar-refractivity contribution in [2.24, 2.45) is 10.8 Å². The van der Waals surface area contributed by atoms with Crippen molar-refractivity contribution in [3.63, 3.8) is 0 Å². The van der Waals surface area contributed by atoms with Gasteiger partial charge in [0.2, 0.25) is 0 Å². The number of carbonyl (C=O) groups excluding carboxylic acids is 1. The van der Waals surface area contributed by atoms with Crippen molar-refractivity contribution in [1.82, 2.24) is 10.3 Å². The maximum Gasteiger partial charge on any atom is 0.407 e. The fraction of sp³-hybridized carbons (Fsp3) is 0.700. The lowest BCUT2D eigenvalue weighted by molar-refractivity contribution is 0.0215. The van der Waals surface area contributed by atoms with Gasteiger partial charge in [-0.3, -0.25) is 0 Å². The number of ether oxygens (including phenoxy) is 1. The van der Waals surface area contributed by atoms with Gasteiger partial charge < -0.3 is 15.2 Å². The zero-order valence-electron chi connectivity index (χ0n) is 17.0. The van der Waals surface area contributed by atoms with Gasteiger partial charge >= 0.3 is 6.09 Å². The fourth-order valence-corrected chi connectivity index (χ4v) is 2.74. The molecule has 2 unspecified atom stereocenters. The highest BCUT2D eigenvalue weighted by Gasteiger charge is 2.31. The topological polar surface area (TPSA) is 71.5 Å². The molecule has 2 N–H and O–H groups in total. The van der Waals surface area contributed by atoms with Gasteiger partial charge in [-0.1, -0.05) is 66.5 Å². The summed E-state index contributed by atoms with van der Waals surface area (Å²) in [5.41, 5.74) is 0.486. The molecule has 0 fully saturated rings. The molecule has 0 aromatic carbocycles. The fourth-order valence-electron chi connectivity index (χ4n) is 2.64. The predicted molar refractivity (Wildman–Crippen MR) is 106 cm³/mol. The minimum absolute atomic E-state index is 0.0601. The lowest BCUT2D eigenvalue weighted by Gasteiger charge is -2.34. The van der Waals surface area contributed by atoms with E-state index in [1.807, 2.05) is 0 Å². The van der Waals surface area contributed by atoms with E-state index in [4.69, 9.17) is 16.3 Å². The van der Waals surface area contributed by atoms with Crippen molar-refractivity contribution < 1.29 is 14.6 Å². The lowest BCUT2D eigenvalue weighted by atomic mass is 9.83. The minimum Gasteiger partial charge on any atom is -0.505 e. The largest absolute Gasteiger partial charge is 0.505 e. The van der Waals surface area contributed by atoms with Crippen molar-refractivity contribution >= 4 is 17.7 Å². The number of hydrogen-bond donors (Lipinski definition) is 2. The molecule has 26 heavy (non-hydrogen) atoms. The van der Waals surface area contributed by atoms with Gasteiger partial charge in [0.25, 0.3) is 0 Å². The van der Waals surface area contributed by atoms with E-state index in [0.29, 0.717) is 6.42 Å². The zero-order valence-corrected chi connectivity index (χ0v) is 17.8. The van der Waals surface area contributed by atoms with Crippen molar-refractivity contribution in [3.05, 3.63) is 23.0 Å². The molecule has 2 atom stereocenters. The van der Waals surface area contributed by atoms with Gasteiger partial charge in [-0.25, -0.2) is 9.78 Å². The Balaban J connectivity index is 2.87. The van der Waals surface area contributed by atoms with E-state index in [1.165, 1.54) is 0 Å². The molecular formula is C20H33ClN2O3. The van der Waals surface area contributed by atoms with Crippen LogP contribution >= 0.6 is 11.6 Å². The lowest BCUT2D eigenvalue weighted by Crippen LogP contribution is -2.47. The monoisotopic (exact) mass is 384 g/mol. The molecule has 1 aromatic heterocycles. The Hall–Kier alpha value is -1.49. The Bertz CT molecular complexity index is 606. The van der Waals surface area contributed by atoms with Gasteiger partial charge in [0.1, 0.15) is 6.10 Å². The van der Waals surface area contributed by atoms with E-state index in [9.17, 15) is 9.90 Å². The van der Waals surface area contributed by atoms with Crippen molar-refractivity contribution in [2.45, 2.75) is 79.9 Å². The average molecular weight is 385 g/mol. The quantitative estimate of drug-likeness (QED) is 0.649. The first kappa shape index (κ1) is 22.6. The van der Waals surface area contributed by atoms with Gasteiger partial charge in [-0.15, -0.1) is 0 Å². The second kappa shape index (κ2) is 8.94. The highest BCUT2D eigenvalue weighted by molar-refractivity contribution is 6.30. The Labute approximate surface area is 162 Å². The number of alkyl carbamates (subject to hydrolysis) is 1. The van der Waals surface area contributed by atoms with Gasteiger partial charge in [-0.2, -0.15) is 0 Å². The van der Waals surface area contributed by atoms with Crippen LogP contribution in [0.15, 0.2) is 12.3 Å². The van der Waals surface area contributed by atoms with Crippen LogP contribution in [0.5, 0.6) is 5.75 Å². The third-order valence-electron chi connectivity index (χ3n) is 4.42. The maximum atomic E-state index is 12.5. The Morgan fingerprint density at radius 3 is 2.35 bits per heavy atom. The van der Waals surface area contributed by atoms with Crippen LogP contribution in [0.4, 0.5) is 4.79 Å². The standard InChI is InChI=1S/C20H33ClN2O3/c1-8-9-16(20(5,6)7)26-18(25)23-15(19(2,3)4)11-13-10-14(24)17(21)22-12-13/h10,12,15-16,24H,8-9,11H2,1-7H3,(H,23,25). The SMILES string of the molecule is CCCC(OC(=O)NC(Cc1cnc(Cl)c(O)c1)C(C)(C)C)C(C)(C)C. The number of rotatable bonds is 6. The summed E-state index contributed by atoms with van der Waals surface area (Å²) in [6.45, 7) is 14.5. The van der Waals surface area contributed by atoms with Crippen LogP contribution in [-0.4, -0.2) is 28.3 Å². The molecule has 5 nitrogen and oxygen atoms in total. The summed E-state index contributed by atoms with van der Waals surface area (Å²) >= 11 is 5.77. The molecular weight excluding hydrogens is 352 g/mol. The molecule has 0 bridgehead atoms. The number of aromatic nitrogens is 1. The summed E-state index contributed by atoms with van der Waals surface area (Å²) < 4.78 is 5.73. The molecule has 1 heterocycles. The Morgan fingerprint density at radius 2 is 1.88 bits per heavy atom. The number of nitrogens with zero attached hydrogens (tertiary/aromatic N) is 1. The molecule has 1 rings (SSSR count). The summed E-state index contributed by atoms with van der Waals surface area (Å²) in [6, 6.07) is 1.40. The Kier molecular flexibility index (Phi) is 7.75. The van der Waals surface area contributed by atoms with E-state index in [2.05, 4.69) is 58.8 Å². The van der Waals surface area contributed by atoms with Crippen LogP contribution < -0.4 is 5.32 Å². The predicted octanol–water partition coefficient (Wildman–Crippen LogP) is 5.34. The van der Waals surface area contributed by atoms with Crippen LogP contribution in [0.25, 0.3) is 0 Å². The van der Waals surface area contributed by atoms with Crippen molar-refractivity contribution in [1.29, 1.82) is 0 Å². The molecule has 148 valence electrons. The minimum atomic E-state index is -0.413. The zero-order chi connectivity index (χ0) is 20.1. The highest BCUT2D eigenvalue weighted by atomic mass is 35.5. The molecule has 0 aliphatic rings. The Morgan fingerprint density at radius 1 is 1.27 bits per heavy atom. The third kappa shape index (κ3) is 7.02. The first-order valence-electron chi connectivity index (χ1n) is 9.15. The van der Waals surface area contributed by atoms with Crippen LogP contribution in [0.1, 0.15) is 66.9 Å². The first-order valence-corrected chi connectivity index (χ1v) is 9.53. The molecule has 1 aromatic rings. The molecule has 0 radical (unpaired) electrons. The van der Waals surface area contributed by atoms with E-state index in [1.54, 1.807) is 12.3 Å². The normalized spacial score (nSPS) is 14.6. The first-order chi connectivity index (χ1) is 11.8. The summed E-state index contributed by atoms with van der Waals surface area (Å²) in [4.78, 5) is 16.5. The highest BCUT2D eigenvalue weighted by Crippen LogP contribution is 2.28. The number of halogens is 1. The van der Waals surface area contributed by atoms with Crippen molar-refractivity contribution in [2.75, 3.05) is 0 Å². The number of aromatic hydroxyl groups is 1. The second-order valence-corrected chi connectivity index (χ2v) is 9.33. The number of pyridine rings is 1. The van der Waals surface area contributed by atoms with E-state index in [-0.39, 0.29) is 33.9 Å². The summed E-state index contributed by atoms with van der Waals surface area (Å²) in [6.07, 6.45) is 3.35. The second-order valence-electron chi connectivity index (χ2n) is 8.97. The van der Waals surface area contributed by atoms with E-state index < -0.39 is 6.09 Å². The van der Waals surface area contributed by atoms with E-state index >= 15 is 0 Å². The molecule has 0 aliphatic carbocycles. The van der Waals surface area contributed by atoms with Crippen LogP contribution in [-0.2, 0) is 11.2 Å².